The fourth-order valence-corrected chi connectivity index (χ4v) is 3.46. The van der Waals surface area contributed by atoms with E-state index in [2.05, 4.69) is 27.0 Å². The molecule has 0 atom stereocenters. The molecule has 166 valence electrons. The average molecular weight is 441 g/mol. The van der Waals surface area contributed by atoms with Gasteiger partial charge in [0.2, 0.25) is 0 Å². The van der Waals surface area contributed by atoms with Gasteiger partial charge in [0.1, 0.15) is 5.82 Å². The Kier molecular flexibility index (Phi) is 6.98. The number of hydrogen-bond acceptors (Lipinski definition) is 6. The van der Waals surface area contributed by atoms with Crippen molar-refractivity contribution in [2.24, 2.45) is 0 Å². The third-order valence-corrected chi connectivity index (χ3v) is 5.10. The number of amides is 1. The lowest BCUT2D eigenvalue weighted by atomic mass is 10.1. The fourth-order valence-electron chi connectivity index (χ4n) is 3.46. The molecule has 7 nitrogen and oxygen atoms in total. The van der Waals surface area contributed by atoms with E-state index in [1.807, 2.05) is 24.3 Å². The molecule has 2 heterocycles. The van der Waals surface area contributed by atoms with Gasteiger partial charge in [0.25, 0.3) is 5.91 Å². The summed E-state index contributed by atoms with van der Waals surface area (Å²) in [5, 5.41) is 2.94. The summed E-state index contributed by atoms with van der Waals surface area (Å²) in [6.07, 6.45) is 1.69. The van der Waals surface area contributed by atoms with E-state index in [4.69, 9.17) is 9.47 Å². The number of ether oxygens (including phenoxy) is 2. The molecule has 2 aromatic carbocycles. The average Bonchev–Trinajstić information content (AvgIpc) is 2.88. The van der Waals surface area contributed by atoms with Crippen LogP contribution in [0.4, 0.5) is 11.5 Å². The molecule has 4 rings (SSSR count). The Morgan fingerprint density at radius 2 is 1.73 bits per heavy atom. The van der Waals surface area contributed by atoms with Crippen LogP contribution in [0.2, 0.25) is 0 Å². The number of carbonyl (C=O) groups is 2. The second-order valence-electron chi connectivity index (χ2n) is 7.33. The number of hydrogen-bond donors (Lipinski definition) is 1. The molecule has 0 saturated carbocycles. The van der Waals surface area contributed by atoms with E-state index in [1.54, 1.807) is 42.6 Å². The molecule has 1 saturated heterocycles. The first-order chi connectivity index (χ1) is 16.1. The normalized spacial score (nSPS) is 12.9. The third kappa shape index (κ3) is 5.56. The third-order valence-electron chi connectivity index (χ3n) is 5.10. The van der Waals surface area contributed by atoms with Gasteiger partial charge in [-0.2, -0.15) is 0 Å². The molecular weight excluding hydrogens is 418 g/mol. The number of rotatable bonds is 4. The lowest BCUT2D eigenvalue weighted by molar-refractivity contribution is 0.0600. The quantitative estimate of drug-likeness (QED) is 0.494. The van der Waals surface area contributed by atoms with Gasteiger partial charge in [-0.1, -0.05) is 24.0 Å². The highest BCUT2D eigenvalue weighted by Gasteiger charge is 2.20. The molecule has 3 aromatic rings. The molecule has 0 unspecified atom stereocenters. The minimum Gasteiger partial charge on any atom is -0.465 e. The Morgan fingerprint density at radius 3 is 2.48 bits per heavy atom. The molecule has 0 bridgehead atoms. The number of nitrogens with zero attached hydrogens (tertiary/aromatic N) is 2. The van der Waals surface area contributed by atoms with Gasteiger partial charge in [0.15, 0.2) is 0 Å². The Balaban J connectivity index is 1.51. The minimum absolute atomic E-state index is 0.236. The smallest absolute Gasteiger partial charge is 0.337 e. The van der Waals surface area contributed by atoms with Crippen LogP contribution < -0.4 is 10.2 Å². The van der Waals surface area contributed by atoms with E-state index >= 15 is 0 Å². The Labute approximate surface area is 192 Å². The number of nitrogens with one attached hydrogen (secondary N) is 1. The summed E-state index contributed by atoms with van der Waals surface area (Å²) in [6.45, 7) is 2.61. The maximum atomic E-state index is 13.0. The molecule has 1 amide bonds. The van der Waals surface area contributed by atoms with Gasteiger partial charge >= 0.3 is 5.97 Å². The van der Waals surface area contributed by atoms with Crippen LogP contribution in [0.5, 0.6) is 0 Å². The van der Waals surface area contributed by atoms with Gasteiger partial charge in [0.05, 0.1) is 31.5 Å². The largest absolute Gasteiger partial charge is 0.465 e. The highest BCUT2D eigenvalue weighted by atomic mass is 16.5. The molecule has 1 aliphatic rings. The number of aromatic nitrogens is 1. The van der Waals surface area contributed by atoms with E-state index in [0.717, 1.165) is 5.56 Å². The number of methoxy groups -OCH3 is 1. The van der Waals surface area contributed by atoms with Crippen LogP contribution in [0, 0.1) is 11.8 Å². The van der Waals surface area contributed by atoms with E-state index in [9.17, 15) is 9.59 Å². The SMILES string of the molecule is COC(=O)c1cccc(C#Cc2cccc(NC(=O)c3cccnc3N3CCOCC3)c2)c1. The summed E-state index contributed by atoms with van der Waals surface area (Å²) in [7, 11) is 1.34. The van der Waals surface area contributed by atoms with Gasteiger partial charge in [-0.15, -0.1) is 0 Å². The minimum atomic E-state index is -0.407. The molecule has 0 aliphatic carbocycles. The van der Waals surface area contributed by atoms with Gasteiger partial charge in [-0.05, 0) is 48.5 Å². The van der Waals surface area contributed by atoms with Crippen molar-refractivity contribution in [2.45, 2.75) is 0 Å². The molecule has 33 heavy (non-hydrogen) atoms. The Morgan fingerprint density at radius 1 is 1.00 bits per heavy atom. The molecule has 0 radical (unpaired) electrons. The number of benzene rings is 2. The van der Waals surface area contributed by atoms with Gasteiger partial charge in [0, 0.05) is 36.1 Å². The summed E-state index contributed by atoms with van der Waals surface area (Å²) < 4.78 is 10.2. The fraction of sp³-hybridized carbons (Fsp3) is 0.192. The van der Waals surface area contributed by atoms with Crippen molar-refractivity contribution in [3.05, 3.63) is 89.1 Å². The number of carbonyl (C=O) groups excluding carboxylic acids is 2. The predicted octanol–water partition coefficient (Wildman–Crippen LogP) is 3.36. The topological polar surface area (TPSA) is 80.8 Å². The summed E-state index contributed by atoms with van der Waals surface area (Å²) in [4.78, 5) is 31.2. The summed E-state index contributed by atoms with van der Waals surface area (Å²) in [6, 6.07) is 17.8. The highest BCUT2D eigenvalue weighted by Crippen LogP contribution is 2.20. The first kappa shape index (κ1) is 22.1. The molecule has 1 N–H and O–H groups in total. The van der Waals surface area contributed by atoms with E-state index in [0.29, 0.717) is 54.5 Å². The zero-order chi connectivity index (χ0) is 23.0. The van der Waals surface area contributed by atoms with Crippen molar-refractivity contribution in [1.29, 1.82) is 0 Å². The van der Waals surface area contributed by atoms with Gasteiger partial charge < -0.3 is 19.7 Å². The maximum absolute atomic E-state index is 13.0. The summed E-state index contributed by atoms with van der Waals surface area (Å²) in [5.41, 5.74) is 3.01. The van der Waals surface area contributed by atoms with Crippen LogP contribution in [-0.4, -0.2) is 50.3 Å². The number of pyridine rings is 1. The molecule has 7 heteroatoms. The zero-order valence-electron chi connectivity index (χ0n) is 18.2. The number of esters is 1. The standard InChI is InChI=1S/C26H23N3O4/c1-32-26(31)21-7-2-5-19(17-21)10-11-20-6-3-8-22(18-20)28-25(30)23-9-4-12-27-24(23)29-13-15-33-16-14-29/h2-9,12,17-18H,13-16H2,1H3,(H,28,30). The first-order valence-corrected chi connectivity index (χ1v) is 10.5. The zero-order valence-corrected chi connectivity index (χ0v) is 18.2. The summed E-state index contributed by atoms with van der Waals surface area (Å²) in [5.74, 6) is 6.13. The van der Waals surface area contributed by atoms with E-state index in [-0.39, 0.29) is 5.91 Å². The molecule has 1 aromatic heterocycles. The van der Waals surface area contributed by atoms with Crippen molar-refractivity contribution < 1.29 is 19.1 Å². The lowest BCUT2D eigenvalue weighted by Gasteiger charge is -2.29. The molecular formula is C26H23N3O4. The first-order valence-electron chi connectivity index (χ1n) is 10.5. The van der Waals surface area contributed by atoms with Crippen LogP contribution in [-0.2, 0) is 9.47 Å². The number of anilines is 2. The predicted molar refractivity (Wildman–Crippen MR) is 125 cm³/mol. The van der Waals surface area contributed by atoms with Crippen LogP contribution in [0.1, 0.15) is 31.8 Å². The van der Waals surface area contributed by atoms with Crippen LogP contribution in [0.3, 0.4) is 0 Å². The van der Waals surface area contributed by atoms with E-state index < -0.39 is 5.97 Å². The van der Waals surface area contributed by atoms with Crippen LogP contribution >= 0.6 is 0 Å². The monoisotopic (exact) mass is 441 g/mol. The lowest BCUT2D eigenvalue weighted by Crippen LogP contribution is -2.38. The van der Waals surface area contributed by atoms with Crippen LogP contribution in [0.25, 0.3) is 0 Å². The second-order valence-corrected chi connectivity index (χ2v) is 7.33. The summed E-state index contributed by atoms with van der Waals surface area (Å²) >= 11 is 0. The van der Waals surface area contributed by atoms with Gasteiger partial charge in [-0.25, -0.2) is 9.78 Å². The maximum Gasteiger partial charge on any atom is 0.337 e. The Bertz CT molecular complexity index is 1220. The molecule has 1 fully saturated rings. The van der Waals surface area contributed by atoms with E-state index in [1.165, 1.54) is 7.11 Å². The Hall–Kier alpha value is -4.15. The van der Waals surface area contributed by atoms with Gasteiger partial charge in [-0.3, -0.25) is 4.79 Å². The van der Waals surface area contributed by atoms with Crippen molar-refractivity contribution >= 4 is 23.4 Å². The highest BCUT2D eigenvalue weighted by molar-refractivity contribution is 6.07. The van der Waals surface area contributed by atoms with Crippen molar-refractivity contribution in [2.75, 3.05) is 43.6 Å². The molecule has 1 aliphatic heterocycles. The number of morpholine rings is 1. The van der Waals surface area contributed by atoms with Crippen molar-refractivity contribution in [3.8, 4) is 11.8 Å². The molecule has 0 spiro atoms. The van der Waals surface area contributed by atoms with Crippen LogP contribution in [0.15, 0.2) is 66.9 Å². The second kappa shape index (κ2) is 10.4. The van der Waals surface area contributed by atoms with Crippen molar-refractivity contribution in [3.63, 3.8) is 0 Å². The van der Waals surface area contributed by atoms with Crippen molar-refractivity contribution in [1.82, 2.24) is 4.98 Å².